The highest BCUT2D eigenvalue weighted by Crippen LogP contribution is 2.27. The second-order valence-electron chi connectivity index (χ2n) is 3.64. The average molecular weight is 240 g/mol. The second kappa shape index (κ2) is 4.17. The quantitative estimate of drug-likeness (QED) is 0.801. The Morgan fingerprint density at radius 1 is 1.62 bits per heavy atom. The van der Waals surface area contributed by atoms with Crippen LogP contribution in [0.15, 0.2) is 0 Å². The molecule has 7 heteroatoms. The van der Waals surface area contributed by atoms with Crippen molar-refractivity contribution in [1.29, 1.82) is 0 Å². The van der Waals surface area contributed by atoms with Gasteiger partial charge in [0.05, 0.1) is 5.92 Å². The van der Waals surface area contributed by atoms with Crippen LogP contribution in [0.3, 0.4) is 0 Å². The van der Waals surface area contributed by atoms with Gasteiger partial charge in [0.1, 0.15) is 5.01 Å². The minimum Gasteiger partial charge on any atom is -0.369 e. The van der Waals surface area contributed by atoms with E-state index in [9.17, 15) is 9.59 Å². The number of rotatable bonds is 3. The zero-order valence-corrected chi connectivity index (χ0v) is 9.66. The Morgan fingerprint density at radius 2 is 2.38 bits per heavy atom. The second-order valence-corrected chi connectivity index (χ2v) is 4.68. The topological polar surface area (TPSA) is 89.2 Å². The number of nitrogens with two attached hydrogens (primary N) is 1. The van der Waals surface area contributed by atoms with Crippen molar-refractivity contribution in [3.63, 3.8) is 0 Å². The van der Waals surface area contributed by atoms with E-state index in [4.69, 9.17) is 5.73 Å². The third kappa shape index (κ3) is 1.90. The summed E-state index contributed by atoms with van der Waals surface area (Å²) < 4.78 is 0. The number of aryl methyl sites for hydroxylation is 1. The van der Waals surface area contributed by atoms with E-state index < -0.39 is 11.8 Å². The van der Waals surface area contributed by atoms with Crippen LogP contribution in [0.1, 0.15) is 18.4 Å². The van der Waals surface area contributed by atoms with Crippen molar-refractivity contribution in [3.8, 4) is 0 Å². The molecule has 2 amide bonds. The van der Waals surface area contributed by atoms with Gasteiger partial charge < -0.3 is 5.73 Å². The fraction of sp³-hybridized carbons (Fsp3) is 0.556. The summed E-state index contributed by atoms with van der Waals surface area (Å²) in [5.41, 5.74) is 5.18. The van der Waals surface area contributed by atoms with E-state index in [-0.39, 0.29) is 12.3 Å². The van der Waals surface area contributed by atoms with E-state index in [0.717, 1.165) is 11.4 Å². The number of hydrogen-bond acceptors (Lipinski definition) is 5. The highest BCUT2D eigenvalue weighted by atomic mass is 32.1. The summed E-state index contributed by atoms with van der Waals surface area (Å²) >= 11 is 1.38. The van der Waals surface area contributed by atoms with E-state index in [2.05, 4.69) is 10.2 Å². The normalized spacial score (nSPS) is 20.4. The van der Waals surface area contributed by atoms with Crippen LogP contribution in [0.2, 0.25) is 0 Å². The van der Waals surface area contributed by atoms with Crippen molar-refractivity contribution >= 4 is 28.3 Å². The van der Waals surface area contributed by atoms with E-state index in [0.29, 0.717) is 11.7 Å². The summed E-state index contributed by atoms with van der Waals surface area (Å²) in [4.78, 5) is 24.1. The third-order valence-electron chi connectivity index (χ3n) is 2.52. The molecule has 0 saturated carbocycles. The van der Waals surface area contributed by atoms with Crippen molar-refractivity contribution < 1.29 is 9.59 Å². The lowest BCUT2D eigenvalue weighted by molar-refractivity contribution is -0.123. The molecule has 0 bridgehead atoms. The van der Waals surface area contributed by atoms with Crippen molar-refractivity contribution in [1.82, 2.24) is 10.2 Å². The van der Waals surface area contributed by atoms with Crippen LogP contribution >= 0.6 is 11.3 Å². The SMILES string of the molecule is CCc1nnc(N2CC(C(N)=O)CC2=O)s1. The molecule has 1 saturated heterocycles. The van der Waals surface area contributed by atoms with Gasteiger partial charge in [-0.15, -0.1) is 10.2 Å². The Bertz CT molecular complexity index is 431. The fourth-order valence-corrected chi connectivity index (χ4v) is 2.38. The van der Waals surface area contributed by atoms with Gasteiger partial charge in [-0.1, -0.05) is 18.3 Å². The lowest BCUT2D eigenvalue weighted by Gasteiger charge is -2.10. The lowest BCUT2D eigenvalue weighted by Crippen LogP contribution is -2.28. The van der Waals surface area contributed by atoms with Gasteiger partial charge in [0.15, 0.2) is 0 Å². The molecule has 1 aromatic heterocycles. The van der Waals surface area contributed by atoms with E-state index in [1.54, 1.807) is 0 Å². The maximum absolute atomic E-state index is 11.6. The molecular formula is C9H12N4O2S. The number of anilines is 1. The average Bonchev–Trinajstić information content (AvgIpc) is 2.83. The lowest BCUT2D eigenvalue weighted by atomic mass is 10.1. The molecule has 1 fully saturated rings. The van der Waals surface area contributed by atoms with Gasteiger partial charge in [-0.05, 0) is 6.42 Å². The molecule has 0 aliphatic carbocycles. The molecule has 2 rings (SSSR count). The Kier molecular flexibility index (Phi) is 2.86. The van der Waals surface area contributed by atoms with Crippen molar-refractivity contribution in [2.75, 3.05) is 11.4 Å². The standard InChI is InChI=1S/C9H12N4O2S/c1-2-6-11-12-9(16-6)13-4-5(8(10)15)3-7(13)14/h5H,2-4H2,1H3,(H2,10,15). The Hall–Kier alpha value is -1.50. The van der Waals surface area contributed by atoms with Crippen LogP contribution < -0.4 is 10.6 Å². The zero-order chi connectivity index (χ0) is 11.7. The van der Waals surface area contributed by atoms with Crippen LogP contribution in [-0.4, -0.2) is 28.6 Å². The highest BCUT2D eigenvalue weighted by molar-refractivity contribution is 7.15. The highest BCUT2D eigenvalue weighted by Gasteiger charge is 2.35. The number of amides is 2. The number of carbonyl (C=O) groups excluding carboxylic acids is 2. The van der Waals surface area contributed by atoms with E-state index in [1.807, 2.05) is 6.92 Å². The minimum atomic E-state index is -0.434. The van der Waals surface area contributed by atoms with Crippen LogP contribution in [0.25, 0.3) is 0 Å². The number of aromatic nitrogens is 2. The van der Waals surface area contributed by atoms with E-state index >= 15 is 0 Å². The summed E-state index contributed by atoms with van der Waals surface area (Å²) in [6, 6.07) is 0. The largest absolute Gasteiger partial charge is 0.369 e. The van der Waals surface area contributed by atoms with Gasteiger partial charge in [0.2, 0.25) is 16.9 Å². The first-order valence-electron chi connectivity index (χ1n) is 5.04. The van der Waals surface area contributed by atoms with Crippen LogP contribution in [0.4, 0.5) is 5.13 Å². The van der Waals surface area contributed by atoms with Gasteiger partial charge in [-0.25, -0.2) is 0 Å². The Labute approximate surface area is 96.5 Å². The Balaban J connectivity index is 2.16. The first-order valence-corrected chi connectivity index (χ1v) is 5.85. The summed E-state index contributed by atoms with van der Waals surface area (Å²) in [7, 11) is 0. The van der Waals surface area contributed by atoms with Crippen LogP contribution in [-0.2, 0) is 16.0 Å². The van der Waals surface area contributed by atoms with Gasteiger partial charge in [-0.2, -0.15) is 0 Å². The molecule has 2 heterocycles. The molecule has 1 unspecified atom stereocenters. The molecule has 1 aromatic rings. The van der Waals surface area contributed by atoms with Crippen LogP contribution in [0.5, 0.6) is 0 Å². The maximum Gasteiger partial charge on any atom is 0.229 e. The molecule has 1 aliphatic heterocycles. The number of hydrogen-bond donors (Lipinski definition) is 1. The zero-order valence-electron chi connectivity index (χ0n) is 8.84. The smallest absolute Gasteiger partial charge is 0.229 e. The van der Waals surface area contributed by atoms with Gasteiger partial charge in [-0.3, -0.25) is 14.5 Å². The van der Waals surface area contributed by atoms with Crippen molar-refractivity contribution in [2.45, 2.75) is 19.8 Å². The number of carbonyl (C=O) groups is 2. The first kappa shape index (κ1) is 11.0. The monoisotopic (exact) mass is 240 g/mol. The molecule has 2 N–H and O–H groups in total. The van der Waals surface area contributed by atoms with Gasteiger partial charge in [0.25, 0.3) is 0 Å². The molecule has 6 nitrogen and oxygen atoms in total. The molecule has 1 atom stereocenters. The summed E-state index contributed by atoms with van der Waals surface area (Å²) in [6.45, 7) is 2.30. The summed E-state index contributed by atoms with van der Waals surface area (Å²) in [5.74, 6) is -0.944. The van der Waals surface area contributed by atoms with Gasteiger partial charge >= 0.3 is 0 Å². The predicted octanol–water partition coefficient (Wildman–Crippen LogP) is -0.0613. The first-order chi connectivity index (χ1) is 7.61. The molecule has 0 spiro atoms. The molecule has 16 heavy (non-hydrogen) atoms. The molecular weight excluding hydrogens is 228 g/mol. The Morgan fingerprint density at radius 3 is 2.88 bits per heavy atom. The maximum atomic E-state index is 11.6. The summed E-state index contributed by atoms with van der Waals surface area (Å²) in [5, 5.41) is 9.32. The van der Waals surface area contributed by atoms with Crippen LogP contribution in [0, 0.1) is 5.92 Å². The molecule has 0 radical (unpaired) electrons. The number of nitrogens with zero attached hydrogens (tertiary/aromatic N) is 3. The van der Waals surface area contributed by atoms with Crippen molar-refractivity contribution in [3.05, 3.63) is 5.01 Å². The van der Waals surface area contributed by atoms with Gasteiger partial charge in [0, 0.05) is 13.0 Å². The fourth-order valence-electron chi connectivity index (χ4n) is 1.58. The third-order valence-corrected chi connectivity index (χ3v) is 3.61. The summed E-state index contributed by atoms with van der Waals surface area (Å²) in [6.07, 6.45) is 0.968. The minimum absolute atomic E-state index is 0.109. The molecule has 1 aliphatic rings. The predicted molar refractivity (Wildman–Crippen MR) is 58.9 cm³/mol. The van der Waals surface area contributed by atoms with E-state index in [1.165, 1.54) is 16.2 Å². The molecule has 86 valence electrons. The van der Waals surface area contributed by atoms with Crippen molar-refractivity contribution in [2.24, 2.45) is 11.7 Å². The number of primary amides is 1. The molecule has 0 aromatic carbocycles.